The number of phenolic OH excluding ortho intramolecular Hbond substituents is 3. The first-order valence-electron chi connectivity index (χ1n) is 19.4. The molecular weight excluding hydrogens is 756 g/mol. The van der Waals surface area contributed by atoms with Crippen LogP contribution in [0.3, 0.4) is 0 Å². The zero-order chi connectivity index (χ0) is 43.0. The smallest absolute Gasteiger partial charge is 0.312 e. The largest absolute Gasteiger partial charge is 0.632 e. The van der Waals surface area contributed by atoms with E-state index in [4.69, 9.17) is 23.7 Å². The number of morpholine rings is 1. The van der Waals surface area contributed by atoms with Gasteiger partial charge in [0.05, 0.1) is 60.0 Å². The lowest BCUT2D eigenvalue weighted by molar-refractivity contribution is -0.901. The summed E-state index contributed by atoms with van der Waals surface area (Å²) >= 11 is 0. The predicted molar refractivity (Wildman–Crippen MR) is 212 cm³/mol. The summed E-state index contributed by atoms with van der Waals surface area (Å²) in [6.07, 6.45) is 3.36. The number of hydrogen-bond donors (Lipinski definition) is 6. The molecule has 4 heterocycles. The Morgan fingerprint density at radius 2 is 1.62 bits per heavy atom. The Kier molecular flexibility index (Phi) is 13.2. The van der Waals surface area contributed by atoms with Crippen LogP contribution in [0.2, 0.25) is 0 Å². The molecule has 2 aromatic carbocycles. The molecule has 2 aromatic rings. The van der Waals surface area contributed by atoms with E-state index in [1.54, 1.807) is 39.8 Å². The van der Waals surface area contributed by atoms with Crippen LogP contribution in [0.1, 0.15) is 70.0 Å². The molecule has 9 atom stereocenters. The van der Waals surface area contributed by atoms with Crippen LogP contribution in [0.5, 0.6) is 23.0 Å². The van der Waals surface area contributed by atoms with Gasteiger partial charge in [0.2, 0.25) is 0 Å². The van der Waals surface area contributed by atoms with Crippen LogP contribution < -0.4 is 10.1 Å². The van der Waals surface area contributed by atoms with Gasteiger partial charge < -0.3 is 64.4 Å². The van der Waals surface area contributed by atoms with Gasteiger partial charge >= 0.3 is 11.8 Å². The average molecular weight is 813 g/mol. The Balaban J connectivity index is 1.72. The van der Waals surface area contributed by atoms with Crippen molar-refractivity contribution in [3.8, 4) is 23.0 Å². The third kappa shape index (κ3) is 8.40. The summed E-state index contributed by atoms with van der Waals surface area (Å²) in [4.78, 5) is 40.5. The maximum atomic E-state index is 14.4. The number of nitrogens with zero attached hydrogens (tertiary/aromatic N) is 1. The summed E-state index contributed by atoms with van der Waals surface area (Å²) in [5.41, 5.74) is -0.607. The Bertz CT molecular complexity index is 2020. The number of Topliss-reactive ketones (excluding diaryl/α,β-unsaturated/α-hetero) is 1. The van der Waals surface area contributed by atoms with Crippen molar-refractivity contribution in [2.45, 2.75) is 92.1 Å². The number of allylic oxidation sites excluding steroid dienone is 2. The highest BCUT2D eigenvalue weighted by Crippen LogP contribution is 2.55. The van der Waals surface area contributed by atoms with Crippen molar-refractivity contribution >= 4 is 34.1 Å². The zero-order valence-electron chi connectivity index (χ0n) is 34.4. The van der Waals surface area contributed by atoms with Gasteiger partial charge in [0.1, 0.15) is 43.0 Å². The molecule has 1 saturated heterocycles. The maximum Gasteiger partial charge on any atom is 0.312 e. The number of rotatable bonds is 4. The van der Waals surface area contributed by atoms with E-state index in [-0.39, 0.29) is 70.8 Å². The molecule has 1 fully saturated rings. The van der Waals surface area contributed by atoms with Gasteiger partial charge in [0.25, 0.3) is 11.7 Å². The number of hydroxylamine groups is 3. The number of ketones is 1. The van der Waals surface area contributed by atoms with E-state index >= 15 is 0 Å². The third-order valence-electron chi connectivity index (χ3n) is 11.8. The number of ether oxygens (including phenoxy) is 5. The van der Waals surface area contributed by atoms with Gasteiger partial charge in [-0.2, -0.15) is 0 Å². The van der Waals surface area contributed by atoms with Crippen LogP contribution in [0.4, 0.5) is 5.69 Å². The highest BCUT2D eigenvalue weighted by atomic mass is 16.7. The molecule has 0 aromatic heterocycles. The molecule has 5 bridgehead atoms. The Morgan fingerprint density at radius 1 is 0.966 bits per heavy atom. The maximum absolute atomic E-state index is 14.4. The number of phenols is 3. The number of quaternary nitrogens is 1. The molecule has 4 aliphatic heterocycles. The van der Waals surface area contributed by atoms with E-state index in [0.717, 1.165) is 0 Å². The second-order valence-corrected chi connectivity index (χ2v) is 16.0. The number of methoxy groups -OCH3 is 1. The van der Waals surface area contributed by atoms with Crippen LogP contribution in [-0.2, 0) is 35.1 Å². The van der Waals surface area contributed by atoms with Crippen LogP contribution >= 0.6 is 0 Å². The van der Waals surface area contributed by atoms with E-state index in [9.17, 15) is 45.1 Å². The first-order chi connectivity index (χ1) is 27.2. The summed E-state index contributed by atoms with van der Waals surface area (Å²) < 4.78 is 28.0. The minimum Gasteiger partial charge on any atom is -0.632 e. The number of fused-ring (bicyclic) bond motifs is 14. The molecule has 16 nitrogen and oxygen atoms in total. The van der Waals surface area contributed by atoms with Crippen LogP contribution in [-0.4, -0.2) is 111 Å². The minimum absolute atomic E-state index is 0.00576. The fourth-order valence-corrected chi connectivity index (χ4v) is 8.06. The van der Waals surface area contributed by atoms with Gasteiger partial charge in [0, 0.05) is 61.2 Å². The summed E-state index contributed by atoms with van der Waals surface area (Å²) in [6, 6.07) is 0. The van der Waals surface area contributed by atoms with E-state index < -0.39 is 100.0 Å². The molecule has 4 aliphatic rings. The molecule has 9 unspecified atom stereocenters. The van der Waals surface area contributed by atoms with Crippen LogP contribution in [0.25, 0.3) is 10.8 Å². The molecule has 318 valence electrons. The second kappa shape index (κ2) is 17.3. The lowest BCUT2D eigenvalue weighted by atomic mass is 9.78. The molecule has 6 N–H and O–H groups in total. The number of amides is 1. The van der Waals surface area contributed by atoms with E-state index in [0.29, 0.717) is 0 Å². The molecule has 1 amide bonds. The Hall–Kier alpha value is -4.71. The van der Waals surface area contributed by atoms with Gasteiger partial charge in [-0.25, -0.2) is 0 Å². The number of esters is 1. The summed E-state index contributed by atoms with van der Waals surface area (Å²) in [5.74, 6) is -8.79. The summed E-state index contributed by atoms with van der Waals surface area (Å²) in [5, 5.41) is 74.3. The molecular formula is C42H56N2O14. The SMILES string of the molecule is COC1C=COC2(C)Oc3c(C)c(O)c4c(O)c(c(C[N+]5([O-])CCOCC5)c(O)c4c3C2=O)NC(=O)C(C)=CC=CC(C)C(O)C(C)C(O)C(C)C(OC(C)=O)C1C. The standard InChI is InChI=1S/C42H56N2O14/c1-20-11-10-12-21(2)41(52)43-32-27(19-44(53)14-17-55-18-15-44)36(49)29-30(37(32)50)35(48)25(6)39-31(29)40(51)42(8,58-39)56-16-13-28(54-9)22(3)38(57-26(7)45)24(5)34(47)23(4)33(20)46/h10-13,16,20,22-24,28,33-34,38,46-50H,14-15,17-19H2,1-9H3,(H,43,52). The van der Waals surface area contributed by atoms with Crippen molar-refractivity contribution in [2.75, 3.05) is 38.7 Å². The zero-order valence-corrected chi connectivity index (χ0v) is 34.4. The summed E-state index contributed by atoms with van der Waals surface area (Å²) in [6.45, 7) is 12.1. The predicted octanol–water partition coefficient (Wildman–Crippen LogP) is 4.60. The van der Waals surface area contributed by atoms with Crippen molar-refractivity contribution in [2.24, 2.45) is 23.7 Å². The van der Waals surface area contributed by atoms with Crippen LogP contribution in [0, 0.1) is 35.8 Å². The van der Waals surface area contributed by atoms with Gasteiger partial charge in [-0.05, 0) is 19.9 Å². The third-order valence-corrected chi connectivity index (χ3v) is 11.8. The average Bonchev–Trinajstić information content (AvgIpc) is 3.44. The Morgan fingerprint density at radius 3 is 2.24 bits per heavy atom. The molecule has 16 heteroatoms. The molecule has 0 aliphatic carbocycles. The van der Waals surface area contributed by atoms with Crippen molar-refractivity contribution in [1.29, 1.82) is 0 Å². The number of benzene rings is 2. The molecule has 58 heavy (non-hydrogen) atoms. The first kappa shape index (κ1) is 44.4. The lowest BCUT2D eigenvalue weighted by Crippen LogP contribution is -2.49. The number of nitrogens with one attached hydrogen (secondary N) is 1. The fourth-order valence-electron chi connectivity index (χ4n) is 8.06. The summed E-state index contributed by atoms with van der Waals surface area (Å²) in [7, 11) is 1.42. The molecule has 0 spiro atoms. The number of aliphatic hydroxyl groups excluding tert-OH is 2. The molecule has 0 radical (unpaired) electrons. The van der Waals surface area contributed by atoms with Gasteiger partial charge in [-0.1, -0.05) is 45.9 Å². The quantitative estimate of drug-likeness (QED) is 0.0815. The van der Waals surface area contributed by atoms with Crippen molar-refractivity contribution in [3.63, 3.8) is 0 Å². The van der Waals surface area contributed by atoms with Crippen LogP contribution in [0.15, 0.2) is 36.1 Å². The first-order valence-corrected chi connectivity index (χ1v) is 19.4. The Labute approximate surface area is 337 Å². The second-order valence-electron chi connectivity index (χ2n) is 16.0. The van der Waals surface area contributed by atoms with E-state index in [2.05, 4.69) is 5.32 Å². The van der Waals surface area contributed by atoms with Crippen molar-refractivity contribution < 1.29 is 68.2 Å². The topological polar surface area (TPSA) is 234 Å². The number of aliphatic hydroxyl groups is 2. The minimum atomic E-state index is -2.08. The van der Waals surface area contributed by atoms with Crippen molar-refractivity contribution in [1.82, 2.24) is 0 Å². The van der Waals surface area contributed by atoms with Gasteiger partial charge in [-0.15, -0.1) is 0 Å². The number of aromatic hydroxyl groups is 3. The monoisotopic (exact) mass is 812 g/mol. The molecule has 6 rings (SSSR count). The highest BCUT2D eigenvalue weighted by Gasteiger charge is 2.50. The highest BCUT2D eigenvalue weighted by molar-refractivity contribution is 6.22. The normalized spacial score (nSPS) is 30.8. The number of anilines is 1. The van der Waals surface area contributed by atoms with E-state index in [1.165, 1.54) is 53.2 Å². The van der Waals surface area contributed by atoms with E-state index in [1.807, 2.05) is 0 Å². The number of hydrogen-bond acceptors (Lipinski definition) is 14. The number of carbonyl (C=O) groups is 3. The van der Waals surface area contributed by atoms with Gasteiger partial charge in [-0.3, -0.25) is 14.4 Å². The number of carbonyl (C=O) groups excluding carboxylic acids is 3. The fraction of sp³-hybridized carbons (Fsp3) is 0.548. The van der Waals surface area contributed by atoms with Crippen molar-refractivity contribution in [3.05, 3.63) is 58.0 Å². The van der Waals surface area contributed by atoms with Gasteiger partial charge in [0.15, 0.2) is 5.75 Å². The molecule has 0 saturated carbocycles. The lowest BCUT2D eigenvalue weighted by Gasteiger charge is -2.45.